The fraction of sp³-hybridized carbons (Fsp3) is 0.353. The molecule has 0 saturated heterocycles. The molecule has 0 aliphatic heterocycles. The molecule has 0 fully saturated rings. The number of rotatable bonds is 6. The molecule has 0 aliphatic rings. The number of aryl methyl sites for hydroxylation is 1. The molecule has 0 saturated carbocycles. The summed E-state index contributed by atoms with van der Waals surface area (Å²) in [6.45, 7) is 3.56. The summed E-state index contributed by atoms with van der Waals surface area (Å²) in [5.74, 6) is -1.51. The van der Waals surface area contributed by atoms with Gasteiger partial charge in [-0.15, -0.1) is 0 Å². The Morgan fingerprint density at radius 2 is 2.04 bits per heavy atom. The Kier molecular flexibility index (Phi) is 6.41. The van der Waals surface area contributed by atoms with Crippen molar-refractivity contribution in [2.24, 2.45) is 0 Å². The third-order valence-electron chi connectivity index (χ3n) is 3.49. The Morgan fingerprint density at radius 1 is 1.28 bits per heavy atom. The predicted octanol–water partition coefficient (Wildman–Crippen LogP) is 3.18. The minimum Gasteiger partial charge on any atom is -0.450 e. The molecule has 8 heteroatoms. The van der Waals surface area contributed by atoms with Gasteiger partial charge in [0, 0.05) is 22.5 Å². The summed E-state index contributed by atoms with van der Waals surface area (Å²) in [5.41, 5.74) is 1.06. The van der Waals surface area contributed by atoms with Crippen LogP contribution in [0.2, 0.25) is 5.02 Å². The summed E-state index contributed by atoms with van der Waals surface area (Å²) in [7, 11) is 0. The molecule has 0 radical (unpaired) electrons. The van der Waals surface area contributed by atoms with Gasteiger partial charge in [0.1, 0.15) is 5.58 Å². The Hall–Kier alpha value is -2.54. The smallest absolute Gasteiger partial charge is 0.375 e. The standard InChI is InChI=1S/C17H19ClN2O5/c1-3-4-7-19-17(23)20-14(21)9-24-16(22)15-10(2)12-8-11(18)5-6-13(12)25-15/h5-6,8H,3-4,7,9H2,1-2H3,(H2,19,20,21,23). The number of benzene rings is 1. The van der Waals surface area contributed by atoms with Crippen molar-refractivity contribution in [1.82, 2.24) is 10.6 Å². The van der Waals surface area contributed by atoms with E-state index in [4.69, 9.17) is 20.8 Å². The summed E-state index contributed by atoms with van der Waals surface area (Å²) in [4.78, 5) is 35.1. The van der Waals surface area contributed by atoms with Gasteiger partial charge >= 0.3 is 12.0 Å². The Morgan fingerprint density at radius 3 is 2.76 bits per heavy atom. The van der Waals surface area contributed by atoms with Gasteiger partial charge in [0.2, 0.25) is 5.76 Å². The number of carbonyl (C=O) groups is 3. The zero-order valence-electron chi connectivity index (χ0n) is 14.0. The summed E-state index contributed by atoms with van der Waals surface area (Å²) < 4.78 is 10.3. The third kappa shape index (κ3) is 4.96. The van der Waals surface area contributed by atoms with Crippen LogP contribution in [0, 0.1) is 6.92 Å². The van der Waals surface area contributed by atoms with Gasteiger partial charge in [-0.05, 0) is 31.5 Å². The Bertz CT molecular complexity index is 800. The van der Waals surface area contributed by atoms with Crippen LogP contribution < -0.4 is 10.6 Å². The number of unbranched alkanes of at least 4 members (excludes halogenated alkanes) is 1. The maximum absolute atomic E-state index is 12.1. The number of imide groups is 1. The minimum absolute atomic E-state index is 0.00235. The van der Waals surface area contributed by atoms with E-state index < -0.39 is 24.5 Å². The molecule has 0 bridgehead atoms. The van der Waals surface area contributed by atoms with Gasteiger partial charge in [0.15, 0.2) is 6.61 Å². The maximum Gasteiger partial charge on any atom is 0.375 e. The van der Waals surface area contributed by atoms with Crippen LogP contribution in [-0.4, -0.2) is 31.1 Å². The lowest BCUT2D eigenvalue weighted by molar-refractivity contribution is -0.123. The number of halogens is 1. The maximum atomic E-state index is 12.1. The fourth-order valence-corrected chi connectivity index (χ4v) is 2.34. The first-order chi connectivity index (χ1) is 11.9. The molecule has 2 N–H and O–H groups in total. The fourth-order valence-electron chi connectivity index (χ4n) is 2.17. The van der Waals surface area contributed by atoms with Crippen LogP contribution in [0.15, 0.2) is 22.6 Å². The molecule has 134 valence electrons. The molecule has 0 atom stereocenters. The molecule has 1 aromatic heterocycles. The van der Waals surface area contributed by atoms with Crippen molar-refractivity contribution >= 4 is 40.5 Å². The van der Waals surface area contributed by atoms with Crippen molar-refractivity contribution in [2.45, 2.75) is 26.7 Å². The largest absolute Gasteiger partial charge is 0.450 e. The average Bonchev–Trinajstić information content (AvgIpc) is 2.89. The molecule has 0 unspecified atom stereocenters. The monoisotopic (exact) mass is 366 g/mol. The number of carbonyl (C=O) groups excluding carboxylic acids is 3. The third-order valence-corrected chi connectivity index (χ3v) is 3.72. The molecule has 1 heterocycles. The van der Waals surface area contributed by atoms with Crippen LogP contribution in [0.1, 0.15) is 35.9 Å². The van der Waals surface area contributed by atoms with Gasteiger partial charge in [-0.2, -0.15) is 0 Å². The summed E-state index contributed by atoms with van der Waals surface area (Å²) in [6.07, 6.45) is 1.74. The summed E-state index contributed by atoms with van der Waals surface area (Å²) in [6, 6.07) is 4.35. The van der Waals surface area contributed by atoms with Crippen LogP contribution in [0.3, 0.4) is 0 Å². The van der Waals surface area contributed by atoms with Crippen molar-refractivity contribution in [3.63, 3.8) is 0 Å². The van der Waals surface area contributed by atoms with Crippen molar-refractivity contribution in [2.75, 3.05) is 13.2 Å². The topological polar surface area (TPSA) is 97.6 Å². The van der Waals surface area contributed by atoms with E-state index in [1.54, 1.807) is 25.1 Å². The van der Waals surface area contributed by atoms with Crippen molar-refractivity contribution < 1.29 is 23.5 Å². The second-order valence-electron chi connectivity index (χ2n) is 5.43. The minimum atomic E-state index is -0.786. The highest BCUT2D eigenvalue weighted by atomic mass is 35.5. The van der Waals surface area contributed by atoms with E-state index in [2.05, 4.69) is 10.6 Å². The lowest BCUT2D eigenvalue weighted by Gasteiger charge is -2.06. The predicted molar refractivity (Wildman–Crippen MR) is 92.7 cm³/mol. The van der Waals surface area contributed by atoms with Gasteiger partial charge in [0.05, 0.1) is 0 Å². The Balaban J connectivity index is 1.91. The summed E-state index contributed by atoms with van der Waals surface area (Å²) >= 11 is 5.93. The molecular weight excluding hydrogens is 348 g/mol. The normalized spacial score (nSPS) is 10.5. The first-order valence-electron chi connectivity index (χ1n) is 7.85. The second kappa shape index (κ2) is 8.53. The zero-order valence-corrected chi connectivity index (χ0v) is 14.7. The number of nitrogens with one attached hydrogen (secondary N) is 2. The number of ether oxygens (including phenoxy) is 1. The van der Waals surface area contributed by atoms with E-state index in [0.29, 0.717) is 28.1 Å². The van der Waals surface area contributed by atoms with Crippen LogP contribution in [0.5, 0.6) is 0 Å². The van der Waals surface area contributed by atoms with E-state index in [1.165, 1.54) is 0 Å². The second-order valence-corrected chi connectivity index (χ2v) is 5.87. The van der Waals surface area contributed by atoms with Crippen molar-refractivity contribution in [3.8, 4) is 0 Å². The van der Waals surface area contributed by atoms with E-state index in [0.717, 1.165) is 12.8 Å². The van der Waals surface area contributed by atoms with Gasteiger partial charge < -0.3 is 14.5 Å². The SMILES string of the molecule is CCCCNC(=O)NC(=O)COC(=O)c1oc2ccc(Cl)cc2c1C. The first-order valence-corrected chi connectivity index (χ1v) is 8.23. The molecule has 1 aromatic carbocycles. The molecule has 0 aliphatic carbocycles. The average molecular weight is 367 g/mol. The van der Waals surface area contributed by atoms with Crippen molar-refractivity contribution in [1.29, 1.82) is 0 Å². The van der Waals surface area contributed by atoms with Crippen LogP contribution in [-0.2, 0) is 9.53 Å². The molecule has 2 aromatic rings. The van der Waals surface area contributed by atoms with Gasteiger partial charge in [-0.25, -0.2) is 9.59 Å². The molecule has 7 nitrogen and oxygen atoms in total. The van der Waals surface area contributed by atoms with E-state index in [9.17, 15) is 14.4 Å². The molecule has 3 amide bonds. The lowest BCUT2D eigenvalue weighted by Crippen LogP contribution is -2.41. The quantitative estimate of drug-likeness (QED) is 0.604. The van der Waals surface area contributed by atoms with Crippen LogP contribution in [0.25, 0.3) is 11.0 Å². The number of urea groups is 1. The van der Waals surface area contributed by atoms with Crippen LogP contribution >= 0.6 is 11.6 Å². The van der Waals surface area contributed by atoms with Crippen molar-refractivity contribution in [3.05, 3.63) is 34.5 Å². The number of amides is 3. The Labute approximate surface area is 149 Å². The van der Waals surface area contributed by atoms with Gasteiger partial charge in [0.25, 0.3) is 5.91 Å². The number of fused-ring (bicyclic) bond motifs is 1. The molecule has 2 rings (SSSR count). The number of esters is 1. The van der Waals surface area contributed by atoms with Gasteiger partial charge in [-0.1, -0.05) is 24.9 Å². The highest BCUT2D eigenvalue weighted by Crippen LogP contribution is 2.28. The highest BCUT2D eigenvalue weighted by molar-refractivity contribution is 6.31. The number of hydrogen-bond acceptors (Lipinski definition) is 5. The first kappa shape index (κ1) is 18.8. The molecule has 25 heavy (non-hydrogen) atoms. The number of hydrogen-bond donors (Lipinski definition) is 2. The highest BCUT2D eigenvalue weighted by Gasteiger charge is 2.20. The molecule has 0 spiro atoms. The van der Waals surface area contributed by atoms with E-state index >= 15 is 0 Å². The molecular formula is C17H19ClN2O5. The van der Waals surface area contributed by atoms with Crippen LogP contribution in [0.4, 0.5) is 4.79 Å². The van der Waals surface area contributed by atoms with E-state index in [-0.39, 0.29) is 5.76 Å². The summed E-state index contributed by atoms with van der Waals surface area (Å²) in [5, 5.41) is 5.82. The lowest BCUT2D eigenvalue weighted by atomic mass is 10.1. The number of furan rings is 1. The van der Waals surface area contributed by atoms with Gasteiger partial charge in [-0.3, -0.25) is 10.1 Å². The zero-order chi connectivity index (χ0) is 18.4. The van der Waals surface area contributed by atoms with E-state index in [1.807, 2.05) is 6.92 Å².